The third-order valence-electron chi connectivity index (χ3n) is 13.8. The van der Waals surface area contributed by atoms with E-state index in [1.165, 1.54) is 33.0 Å². The molecule has 340 valence electrons. The number of fused-ring (bicyclic) bond motifs is 5. The fourth-order valence-corrected chi connectivity index (χ4v) is 10.3. The van der Waals surface area contributed by atoms with Crippen LogP contribution in [0.15, 0.2) is 102 Å². The number of carbonyl (C=O) groups excluding carboxylic acids is 6. The van der Waals surface area contributed by atoms with E-state index in [2.05, 4.69) is 10.6 Å². The molecule has 64 heavy (non-hydrogen) atoms. The summed E-state index contributed by atoms with van der Waals surface area (Å²) in [7, 11) is 1.49. The second kappa shape index (κ2) is 17.7. The van der Waals surface area contributed by atoms with Crippen molar-refractivity contribution in [2.45, 2.75) is 101 Å². The highest BCUT2D eigenvalue weighted by Crippen LogP contribution is 2.64. The molecule has 3 aromatic carbocycles. The van der Waals surface area contributed by atoms with Gasteiger partial charge in [-0.1, -0.05) is 80.6 Å². The van der Waals surface area contributed by atoms with Gasteiger partial charge in [0, 0.05) is 30.7 Å². The van der Waals surface area contributed by atoms with Crippen molar-refractivity contribution < 1.29 is 67.8 Å². The van der Waals surface area contributed by atoms with Crippen LogP contribution in [0.4, 0.5) is 0 Å². The third-order valence-corrected chi connectivity index (χ3v) is 13.8. The van der Waals surface area contributed by atoms with Crippen LogP contribution >= 0.6 is 0 Å². The molecule has 0 spiro atoms. The summed E-state index contributed by atoms with van der Waals surface area (Å²) in [5.41, 5.74) is -7.13. The van der Waals surface area contributed by atoms with Crippen LogP contribution in [-0.2, 0) is 42.9 Å². The van der Waals surface area contributed by atoms with E-state index in [-0.39, 0.29) is 41.8 Å². The van der Waals surface area contributed by atoms with Crippen molar-refractivity contribution in [3.8, 4) is 0 Å². The minimum Gasteiger partial charge on any atom is -0.456 e. The number of carbonyl (C=O) groups is 6. The van der Waals surface area contributed by atoms with Gasteiger partial charge in [0.05, 0.1) is 42.2 Å². The van der Waals surface area contributed by atoms with E-state index in [0.717, 1.165) is 6.92 Å². The summed E-state index contributed by atoms with van der Waals surface area (Å²) in [5.74, 6) is -6.87. The summed E-state index contributed by atoms with van der Waals surface area (Å²) in [5, 5.41) is 43.2. The lowest BCUT2D eigenvalue weighted by Crippen LogP contribution is -2.82. The van der Waals surface area contributed by atoms with Gasteiger partial charge in [-0.05, 0) is 61.9 Å². The van der Waals surface area contributed by atoms with Gasteiger partial charge < -0.3 is 49.6 Å². The Balaban J connectivity index is 1.40. The maximum atomic E-state index is 15.7. The van der Waals surface area contributed by atoms with Crippen LogP contribution in [0, 0.1) is 16.7 Å². The first-order valence-corrected chi connectivity index (χ1v) is 21.2. The number of amides is 1. The molecule has 16 nitrogen and oxygen atoms in total. The fourth-order valence-electron chi connectivity index (χ4n) is 10.3. The van der Waals surface area contributed by atoms with E-state index >= 15 is 4.79 Å². The zero-order chi connectivity index (χ0) is 46.4. The van der Waals surface area contributed by atoms with Gasteiger partial charge in [0.15, 0.2) is 23.6 Å². The van der Waals surface area contributed by atoms with E-state index in [9.17, 15) is 39.3 Å². The number of aliphatic hydroxyl groups excluding tert-OH is 2. The van der Waals surface area contributed by atoms with Crippen LogP contribution < -0.4 is 10.6 Å². The van der Waals surface area contributed by atoms with Crippen molar-refractivity contribution in [3.63, 3.8) is 0 Å². The zero-order valence-electron chi connectivity index (χ0n) is 36.4. The number of Topliss-reactive ketones (excluding diaryl/α,β-unsaturated/α-hetero) is 1. The van der Waals surface area contributed by atoms with Gasteiger partial charge in [-0.3, -0.25) is 19.2 Å². The maximum absolute atomic E-state index is 15.7. The standard InChI is InChI=1S/C48H54N2O14/c1-26-31(61-44(58)37(54)36(28-16-10-7-11-17-28)50-42(56)29-18-12-8-13-19-29)23-48(59)41(63-43(57)30-20-14-9-15-21-30)39-46(5,32(52)22-33-47(39,25-60-33)64-27(2)51)40(55)38(35(26)45(48,3)4)62-34(53)24-49-6/h7-21,31-33,36-39,41,49,52,54,59H,22-25H2,1-6H3,(H,50,56)/t31-,32-,33?,36-,37+,38+,39-,41-,46?,47-,48+/m0/s1. The van der Waals surface area contributed by atoms with Gasteiger partial charge in [0.25, 0.3) is 5.91 Å². The number of hydrogen-bond donors (Lipinski definition) is 5. The normalized spacial score (nSPS) is 31.2. The lowest BCUT2D eigenvalue weighted by molar-refractivity contribution is -0.346. The summed E-state index contributed by atoms with van der Waals surface area (Å²) in [6.07, 6.45) is -10.6. The largest absolute Gasteiger partial charge is 0.456 e. The summed E-state index contributed by atoms with van der Waals surface area (Å²) in [6.45, 7) is 6.54. The van der Waals surface area contributed by atoms with Crippen LogP contribution in [0.5, 0.6) is 0 Å². The molecule has 16 heteroatoms. The van der Waals surface area contributed by atoms with Crippen molar-refractivity contribution in [2.24, 2.45) is 16.7 Å². The number of rotatable bonds is 12. The molecule has 3 fully saturated rings. The molecule has 3 aromatic rings. The van der Waals surface area contributed by atoms with Gasteiger partial charge in [0.2, 0.25) is 0 Å². The average Bonchev–Trinajstić information content (AvgIpc) is 3.27. The monoisotopic (exact) mass is 882 g/mol. The lowest BCUT2D eigenvalue weighted by Gasteiger charge is -2.67. The number of esters is 4. The van der Waals surface area contributed by atoms with Crippen molar-refractivity contribution in [1.82, 2.24) is 10.6 Å². The molecule has 11 atom stereocenters. The number of hydrogen-bond acceptors (Lipinski definition) is 15. The number of ketones is 1. The van der Waals surface area contributed by atoms with Gasteiger partial charge in [-0.25, -0.2) is 9.59 Å². The summed E-state index contributed by atoms with van der Waals surface area (Å²) >= 11 is 0. The molecule has 2 saturated carbocycles. The third kappa shape index (κ3) is 7.80. The predicted octanol–water partition coefficient (Wildman–Crippen LogP) is 2.94. The Morgan fingerprint density at radius 1 is 0.875 bits per heavy atom. The van der Waals surface area contributed by atoms with Crippen molar-refractivity contribution in [2.75, 3.05) is 20.2 Å². The molecule has 1 aliphatic heterocycles. The number of aliphatic hydroxyl groups is 3. The smallest absolute Gasteiger partial charge is 0.338 e. The number of likely N-dealkylation sites (N-methyl/N-ethyl adjacent to an activating group) is 1. The minimum absolute atomic E-state index is 0.0128. The Morgan fingerprint density at radius 3 is 2.03 bits per heavy atom. The summed E-state index contributed by atoms with van der Waals surface area (Å²) < 4.78 is 30.6. The van der Waals surface area contributed by atoms with Crippen LogP contribution in [0.25, 0.3) is 0 Å². The second-order valence-electron chi connectivity index (χ2n) is 17.8. The summed E-state index contributed by atoms with van der Waals surface area (Å²) in [4.78, 5) is 84.4. The molecular formula is C48H54N2O14. The molecule has 1 saturated heterocycles. The number of ether oxygens (including phenoxy) is 5. The van der Waals surface area contributed by atoms with Gasteiger partial charge in [0.1, 0.15) is 23.9 Å². The van der Waals surface area contributed by atoms with Crippen LogP contribution in [0.1, 0.15) is 79.8 Å². The van der Waals surface area contributed by atoms with E-state index in [1.54, 1.807) is 92.7 Å². The molecule has 0 radical (unpaired) electrons. The average molecular weight is 883 g/mol. The van der Waals surface area contributed by atoms with Crippen molar-refractivity contribution in [3.05, 3.63) is 119 Å². The Bertz CT molecular complexity index is 2320. The van der Waals surface area contributed by atoms with Crippen LogP contribution in [0.3, 0.4) is 0 Å². The highest BCUT2D eigenvalue weighted by molar-refractivity contribution is 5.96. The van der Waals surface area contributed by atoms with Gasteiger partial charge >= 0.3 is 23.9 Å². The lowest BCUT2D eigenvalue weighted by atomic mass is 9.44. The molecule has 1 amide bonds. The molecule has 3 aliphatic carbocycles. The van der Waals surface area contributed by atoms with E-state index in [4.69, 9.17) is 23.7 Å². The Hall–Kier alpha value is -5.78. The first kappa shape index (κ1) is 46.2. The molecule has 2 unspecified atom stereocenters. The molecule has 0 aromatic heterocycles. The maximum Gasteiger partial charge on any atom is 0.338 e. The first-order valence-electron chi connectivity index (χ1n) is 21.2. The minimum atomic E-state index is -2.41. The van der Waals surface area contributed by atoms with Gasteiger partial charge in [-0.15, -0.1) is 0 Å². The zero-order valence-corrected chi connectivity index (χ0v) is 36.4. The molecule has 7 rings (SSSR count). The molecule has 1 heterocycles. The topological polar surface area (TPSA) is 233 Å². The predicted molar refractivity (Wildman–Crippen MR) is 226 cm³/mol. The van der Waals surface area contributed by atoms with Crippen molar-refractivity contribution >= 4 is 35.6 Å². The summed E-state index contributed by atoms with van der Waals surface area (Å²) in [6, 6.07) is 22.9. The van der Waals surface area contributed by atoms with Crippen LogP contribution in [-0.4, -0.2) is 119 Å². The van der Waals surface area contributed by atoms with E-state index < -0.39 is 113 Å². The van der Waals surface area contributed by atoms with E-state index in [1.807, 2.05) is 0 Å². The molecule has 4 aliphatic rings. The number of nitrogens with one attached hydrogen (secondary N) is 2. The Kier molecular flexibility index (Phi) is 12.7. The highest BCUT2D eigenvalue weighted by atomic mass is 16.6. The van der Waals surface area contributed by atoms with Gasteiger partial charge in [-0.2, -0.15) is 0 Å². The Morgan fingerprint density at radius 2 is 1.47 bits per heavy atom. The molecule has 2 bridgehead atoms. The molecular weight excluding hydrogens is 829 g/mol. The van der Waals surface area contributed by atoms with Crippen LogP contribution in [0.2, 0.25) is 0 Å². The highest BCUT2D eigenvalue weighted by Gasteiger charge is 2.78. The fraction of sp³-hybridized carbons (Fsp3) is 0.458. The van der Waals surface area contributed by atoms with E-state index in [0.29, 0.717) is 5.56 Å². The molecule has 5 N–H and O–H groups in total. The first-order chi connectivity index (χ1) is 30.3. The SMILES string of the molecule is CNCC(=O)O[C@H]1C(=O)C2(C)[C@@H](O)CC3OC[C@@]3(OC(C)=O)[C@H]2[C@H](OC(=O)c2ccccc2)[C@]2(O)C[C@H](OC(=O)[C@H](O)[C@@H](NC(=O)c3ccccc3)c3ccccc3)C(C)=C1C2(C)C. The Labute approximate surface area is 370 Å². The second-order valence-corrected chi connectivity index (χ2v) is 17.8. The quantitative estimate of drug-likeness (QED) is 0.100. The number of benzene rings is 3. The van der Waals surface area contributed by atoms with Crippen molar-refractivity contribution in [1.29, 1.82) is 0 Å².